The first-order valence-electron chi connectivity index (χ1n) is 5.17. The van der Waals surface area contributed by atoms with Gasteiger partial charge in [0, 0.05) is 0 Å². The van der Waals surface area contributed by atoms with Crippen LogP contribution in [-0.4, -0.2) is 11.1 Å². The van der Waals surface area contributed by atoms with E-state index in [-0.39, 0.29) is 5.56 Å². The molecule has 0 radical (unpaired) electrons. The van der Waals surface area contributed by atoms with Gasteiger partial charge in [0.1, 0.15) is 5.82 Å². The lowest BCUT2D eigenvalue weighted by Gasteiger charge is -2.05. The van der Waals surface area contributed by atoms with Gasteiger partial charge in [-0.3, -0.25) is 0 Å². The molecule has 0 unspecified atom stereocenters. The highest BCUT2D eigenvalue weighted by Gasteiger charge is 2.08. The van der Waals surface area contributed by atoms with E-state index in [9.17, 15) is 9.18 Å². The molecule has 0 aromatic heterocycles. The third kappa shape index (κ3) is 2.50. The van der Waals surface area contributed by atoms with E-state index in [1.165, 1.54) is 12.1 Å². The van der Waals surface area contributed by atoms with Crippen LogP contribution in [0.4, 0.5) is 4.39 Å². The highest BCUT2D eigenvalue weighted by molar-refractivity contribution is 5.89. The Morgan fingerprint density at radius 3 is 2.53 bits per heavy atom. The SMILES string of the molecule is Cc1cccc(-c2cc(F)cc(C(=O)O)c2)c1. The van der Waals surface area contributed by atoms with Crippen LogP contribution in [0.1, 0.15) is 15.9 Å². The molecule has 0 amide bonds. The van der Waals surface area contributed by atoms with Crippen LogP contribution < -0.4 is 0 Å². The molecule has 2 aromatic rings. The van der Waals surface area contributed by atoms with Crippen LogP contribution in [0.25, 0.3) is 11.1 Å². The van der Waals surface area contributed by atoms with Gasteiger partial charge in [0.05, 0.1) is 5.56 Å². The lowest BCUT2D eigenvalue weighted by Crippen LogP contribution is -1.97. The van der Waals surface area contributed by atoms with Gasteiger partial charge >= 0.3 is 5.97 Å². The number of carboxylic acid groups (broad SMARTS) is 1. The molecule has 2 rings (SSSR count). The Balaban J connectivity index is 2.56. The normalized spacial score (nSPS) is 10.2. The standard InChI is InChI=1S/C14H11FO2/c1-9-3-2-4-10(5-9)11-6-12(14(16)17)8-13(15)7-11/h2-8H,1H3,(H,16,17). The average Bonchev–Trinajstić information content (AvgIpc) is 2.28. The molecule has 86 valence electrons. The lowest BCUT2D eigenvalue weighted by molar-refractivity contribution is 0.0696. The van der Waals surface area contributed by atoms with Crippen molar-refractivity contribution in [3.8, 4) is 11.1 Å². The molecule has 0 saturated carbocycles. The molecule has 17 heavy (non-hydrogen) atoms. The first-order valence-corrected chi connectivity index (χ1v) is 5.17. The van der Waals surface area contributed by atoms with Crippen LogP contribution in [-0.2, 0) is 0 Å². The zero-order valence-corrected chi connectivity index (χ0v) is 9.27. The summed E-state index contributed by atoms with van der Waals surface area (Å²) in [7, 11) is 0. The maximum absolute atomic E-state index is 13.3. The predicted molar refractivity (Wildman–Crippen MR) is 63.5 cm³/mol. The first kappa shape index (κ1) is 11.3. The average molecular weight is 230 g/mol. The van der Waals surface area contributed by atoms with Crippen LogP contribution >= 0.6 is 0 Å². The topological polar surface area (TPSA) is 37.3 Å². The number of aromatic carboxylic acids is 1. The van der Waals surface area contributed by atoms with Gasteiger partial charge in [-0.25, -0.2) is 9.18 Å². The van der Waals surface area contributed by atoms with Gasteiger partial charge in [-0.05, 0) is 36.2 Å². The van der Waals surface area contributed by atoms with Gasteiger partial charge < -0.3 is 5.11 Å². The molecule has 2 aromatic carbocycles. The van der Waals surface area contributed by atoms with Crippen molar-refractivity contribution in [3.63, 3.8) is 0 Å². The minimum absolute atomic E-state index is 0.0403. The molecule has 0 saturated heterocycles. The van der Waals surface area contributed by atoms with Crippen molar-refractivity contribution in [3.05, 3.63) is 59.4 Å². The van der Waals surface area contributed by atoms with Crippen LogP contribution in [0, 0.1) is 12.7 Å². The smallest absolute Gasteiger partial charge is 0.335 e. The fourth-order valence-corrected chi connectivity index (χ4v) is 1.70. The summed E-state index contributed by atoms with van der Waals surface area (Å²) in [6.07, 6.45) is 0. The van der Waals surface area contributed by atoms with E-state index in [0.29, 0.717) is 5.56 Å². The van der Waals surface area contributed by atoms with E-state index in [2.05, 4.69) is 0 Å². The number of hydrogen-bond acceptors (Lipinski definition) is 1. The van der Waals surface area contributed by atoms with Crippen molar-refractivity contribution in [2.24, 2.45) is 0 Å². The molecule has 1 N–H and O–H groups in total. The zero-order valence-electron chi connectivity index (χ0n) is 9.27. The molecule has 3 heteroatoms. The fraction of sp³-hybridized carbons (Fsp3) is 0.0714. The van der Waals surface area contributed by atoms with E-state index >= 15 is 0 Å². The van der Waals surface area contributed by atoms with Gasteiger partial charge in [-0.1, -0.05) is 29.8 Å². The summed E-state index contributed by atoms with van der Waals surface area (Å²) >= 11 is 0. The molecule has 0 fully saturated rings. The number of carboxylic acids is 1. The van der Waals surface area contributed by atoms with E-state index < -0.39 is 11.8 Å². The number of hydrogen-bond donors (Lipinski definition) is 1. The number of carbonyl (C=O) groups is 1. The van der Waals surface area contributed by atoms with Crippen molar-refractivity contribution in [2.75, 3.05) is 0 Å². The quantitative estimate of drug-likeness (QED) is 0.857. The molecular weight excluding hydrogens is 219 g/mol. The monoisotopic (exact) mass is 230 g/mol. The summed E-state index contributed by atoms with van der Waals surface area (Å²) in [5.41, 5.74) is 2.39. The van der Waals surface area contributed by atoms with Crippen molar-refractivity contribution >= 4 is 5.97 Å². The molecule has 0 aliphatic heterocycles. The summed E-state index contributed by atoms with van der Waals surface area (Å²) < 4.78 is 13.3. The summed E-state index contributed by atoms with van der Waals surface area (Å²) in [6.45, 7) is 1.93. The number of halogens is 1. The second kappa shape index (κ2) is 4.37. The largest absolute Gasteiger partial charge is 0.478 e. The number of benzene rings is 2. The van der Waals surface area contributed by atoms with E-state index in [0.717, 1.165) is 17.2 Å². The Morgan fingerprint density at radius 2 is 1.88 bits per heavy atom. The van der Waals surface area contributed by atoms with Crippen LogP contribution in [0.3, 0.4) is 0 Å². The van der Waals surface area contributed by atoms with Crippen LogP contribution in [0.2, 0.25) is 0 Å². The van der Waals surface area contributed by atoms with Crippen LogP contribution in [0.15, 0.2) is 42.5 Å². The van der Waals surface area contributed by atoms with Gasteiger partial charge in [0.2, 0.25) is 0 Å². The van der Waals surface area contributed by atoms with E-state index in [1.807, 2.05) is 31.2 Å². The number of rotatable bonds is 2. The molecule has 0 aliphatic carbocycles. The Labute approximate surface area is 98.3 Å². The highest BCUT2D eigenvalue weighted by Crippen LogP contribution is 2.23. The minimum atomic E-state index is -1.13. The van der Waals surface area contributed by atoms with Gasteiger partial charge in [-0.2, -0.15) is 0 Å². The summed E-state index contributed by atoms with van der Waals surface area (Å²) in [6, 6.07) is 11.3. The lowest BCUT2D eigenvalue weighted by atomic mass is 10.0. The maximum Gasteiger partial charge on any atom is 0.335 e. The molecule has 0 atom stereocenters. The van der Waals surface area contributed by atoms with Crippen molar-refractivity contribution < 1.29 is 14.3 Å². The second-order valence-corrected chi connectivity index (χ2v) is 3.90. The first-order chi connectivity index (χ1) is 8.06. The molecule has 2 nitrogen and oxygen atoms in total. The third-order valence-corrected chi connectivity index (χ3v) is 2.50. The van der Waals surface area contributed by atoms with Crippen molar-refractivity contribution in [1.82, 2.24) is 0 Å². The second-order valence-electron chi connectivity index (χ2n) is 3.90. The maximum atomic E-state index is 13.3. The molecule has 0 spiro atoms. The summed E-state index contributed by atoms with van der Waals surface area (Å²) in [5.74, 6) is -1.67. The van der Waals surface area contributed by atoms with Gasteiger partial charge in [0.15, 0.2) is 0 Å². The minimum Gasteiger partial charge on any atom is -0.478 e. The third-order valence-electron chi connectivity index (χ3n) is 2.50. The van der Waals surface area contributed by atoms with E-state index in [4.69, 9.17) is 5.11 Å². The fourth-order valence-electron chi connectivity index (χ4n) is 1.70. The predicted octanol–water partition coefficient (Wildman–Crippen LogP) is 3.50. The molecular formula is C14H11FO2. The Kier molecular flexibility index (Phi) is 2.91. The van der Waals surface area contributed by atoms with E-state index in [1.54, 1.807) is 0 Å². The Hall–Kier alpha value is -2.16. The summed E-state index contributed by atoms with van der Waals surface area (Å²) in [4.78, 5) is 10.8. The van der Waals surface area contributed by atoms with Crippen LogP contribution in [0.5, 0.6) is 0 Å². The van der Waals surface area contributed by atoms with Gasteiger partial charge in [0.25, 0.3) is 0 Å². The number of aryl methyl sites for hydroxylation is 1. The zero-order chi connectivity index (χ0) is 12.4. The highest BCUT2D eigenvalue weighted by atomic mass is 19.1. The molecule has 0 aliphatic rings. The Bertz CT molecular complexity index is 576. The van der Waals surface area contributed by atoms with Crippen molar-refractivity contribution in [1.29, 1.82) is 0 Å². The molecule has 0 bridgehead atoms. The Morgan fingerprint density at radius 1 is 1.12 bits per heavy atom. The molecule has 0 heterocycles. The summed E-state index contributed by atoms with van der Waals surface area (Å²) in [5, 5.41) is 8.87. The van der Waals surface area contributed by atoms with Gasteiger partial charge in [-0.15, -0.1) is 0 Å². The van der Waals surface area contributed by atoms with Crippen molar-refractivity contribution in [2.45, 2.75) is 6.92 Å².